The first-order valence-electron chi connectivity index (χ1n) is 8.30. The van der Waals surface area contributed by atoms with E-state index < -0.39 is 0 Å². The summed E-state index contributed by atoms with van der Waals surface area (Å²) >= 11 is 2.40. The molecule has 0 saturated carbocycles. The number of fused-ring (bicyclic) bond motifs is 1. The smallest absolute Gasteiger partial charge is 0.118 e. The minimum atomic E-state index is 0.852. The highest BCUT2D eigenvalue weighted by Crippen LogP contribution is 2.41. The number of ether oxygens (including phenoxy) is 2. The van der Waals surface area contributed by atoms with Crippen molar-refractivity contribution in [1.82, 2.24) is 4.98 Å². The van der Waals surface area contributed by atoms with Crippen molar-refractivity contribution in [3.8, 4) is 33.9 Å². The van der Waals surface area contributed by atoms with E-state index >= 15 is 0 Å². The molecule has 1 heterocycles. The molecule has 0 unspecified atom stereocenters. The third kappa shape index (κ3) is 2.94. The average Bonchev–Trinajstić information content (AvgIpc) is 3.09. The van der Waals surface area contributed by atoms with E-state index in [4.69, 9.17) is 9.47 Å². The highest BCUT2D eigenvalue weighted by molar-refractivity contribution is 14.1. The van der Waals surface area contributed by atoms with Gasteiger partial charge in [-0.05, 0) is 82.2 Å². The number of hydrogen-bond donors (Lipinski definition) is 1. The number of aromatic nitrogens is 1. The fourth-order valence-corrected chi connectivity index (χ4v) is 3.99. The topological polar surface area (TPSA) is 34.2 Å². The van der Waals surface area contributed by atoms with Crippen molar-refractivity contribution in [3.05, 3.63) is 70.3 Å². The van der Waals surface area contributed by atoms with E-state index in [9.17, 15) is 0 Å². The lowest BCUT2D eigenvalue weighted by molar-refractivity contribution is 0.414. The van der Waals surface area contributed by atoms with Crippen molar-refractivity contribution < 1.29 is 9.47 Å². The largest absolute Gasteiger partial charge is 0.497 e. The molecule has 0 amide bonds. The maximum atomic E-state index is 5.31. The molecule has 130 valence electrons. The third-order valence-electron chi connectivity index (χ3n) is 4.53. The molecule has 0 saturated heterocycles. The van der Waals surface area contributed by atoms with Crippen LogP contribution in [0, 0.1) is 3.57 Å². The highest BCUT2D eigenvalue weighted by atomic mass is 127. The number of aromatic amines is 1. The van der Waals surface area contributed by atoms with E-state index in [1.54, 1.807) is 14.2 Å². The lowest BCUT2D eigenvalue weighted by Crippen LogP contribution is -1.87. The second kappa shape index (κ2) is 7.03. The predicted octanol–water partition coefficient (Wildman–Crippen LogP) is 6.12. The van der Waals surface area contributed by atoms with Gasteiger partial charge >= 0.3 is 0 Å². The van der Waals surface area contributed by atoms with E-state index in [0.717, 1.165) is 33.8 Å². The van der Waals surface area contributed by atoms with Gasteiger partial charge in [-0.25, -0.2) is 0 Å². The van der Waals surface area contributed by atoms with Crippen LogP contribution in [0.4, 0.5) is 0 Å². The summed E-state index contributed by atoms with van der Waals surface area (Å²) < 4.78 is 11.8. The zero-order valence-corrected chi connectivity index (χ0v) is 16.7. The van der Waals surface area contributed by atoms with Gasteiger partial charge in [0, 0.05) is 20.0 Å². The Balaban J connectivity index is 1.98. The summed E-state index contributed by atoms with van der Waals surface area (Å²) in [5, 5.41) is 1.24. The van der Waals surface area contributed by atoms with E-state index in [1.807, 2.05) is 24.3 Å². The van der Waals surface area contributed by atoms with Crippen LogP contribution in [-0.2, 0) is 0 Å². The lowest BCUT2D eigenvalue weighted by Gasteiger charge is -2.08. The molecule has 26 heavy (non-hydrogen) atoms. The van der Waals surface area contributed by atoms with Crippen molar-refractivity contribution in [2.24, 2.45) is 0 Å². The van der Waals surface area contributed by atoms with Crippen LogP contribution >= 0.6 is 22.6 Å². The summed E-state index contributed by atoms with van der Waals surface area (Å²) in [6.45, 7) is 0. The van der Waals surface area contributed by atoms with Crippen LogP contribution in [0.5, 0.6) is 11.5 Å². The van der Waals surface area contributed by atoms with Crippen LogP contribution in [-0.4, -0.2) is 19.2 Å². The molecule has 1 N–H and O–H groups in total. The second-order valence-corrected chi connectivity index (χ2v) is 7.16. The zero-order chi connectivity index (χ0) is 18.1. The Kier molecular flexibility index (Phi) is 4.59. The Bertz CT molecular complexity index is 1050. The SMILES string of the molecule is COc1ccc(-c2[nH]c3cccc(I)c3c2-c2ccc(OC)cc2)cc1. The molecule has 0 aliphatic carbocycles. The normalized spacial score (nSPS) is 10.9. The van der Waals surface area contributed by atoms with Gasteiger partial charge in [-0.2, -0.15) is 0 Å². The number of nitrogens with one attached hydrogen (secondary N) is 1. The van der Waals surface area contributed by atoms with E-state index in [1.165, 1.54) is 14.5 Å². The molecule has 0 atom stereocenters. The minimum Gasteiger partial charge on any atom is -0.497 e. The predicted molar refractivity (Wildman–Crippen MR) is 115 cm³/mol. The van der Waals surface area contributed by atoms with Crippen LogP contribution in [0.15, 0.2) is 66.7 Å². The number of H-pyrrole nitrogens is 1. The molecular weight excluding hydrogens is 437 g/mol. The molecule has 4 aromatic rings. The van der Waals surface area contributed by atoms with E-state index in [2.05, 4.69) is 70.0 Å². The van der Waals surface area contributed by atoms with Gasteiger partial charge in [0.15, 0.2) is 0 Å². The maximum Gasteiger partial charge on any atom is 0.118 e. The fraction of sp³-hybridized carbons (Fsp3) is 0.0909. The first kappa shape index (κ1) is 17.0. The second-order valence-electron chi connectivity index (χ2n) is 5.99. The number of methoxy groups -OCH3 is 2. The molecule has 0 fully saturated rings. The maximum absolute atomic E-state index is 5.31. The number of halogens is 1. The van der Waals surface area contributed by atoms with E-state index in [-0.39, 0.29) is 0 Å². The van der Waals surface area contributed by atoms with Crippen molar-refractivity contribution in [3.63, 3.8) is 0 Å². The van der Waals surface area contributed by atoms with Crippen molar-refractivity contribution in [1.29, 1.82) is 0 Å². The van der Waals surface area contributed by atoms with Crippen LogP contribution in [0.3, 0.4) is 0 Å². The summed E-state index contributed by atoms with van der Waals surface area (Å²) in [6, 6.07) is 22.7. The Labute approximate surface area is 166 Å². The average molecular weight is 455 g/mol. The van der Waals surface area contributed by atoms with Crippen molar-refractivity contribution in [2.45, 2.75) is 0 Å². The van der Waals surface area contributed by atoms with Crippen LogP contribution in [0.2, 0.25) is 0 Å². The molecule has 4 heteroatoms. The number of hydrogen-bond acceptors (Lipinski definition) is 2. The van der Waals surface area contributed by atoms with Gasteiger partial charge in [-0.1, -0.05) is 18.2 Å². The van der Waals surface area contributed by atoms with Crippen LogP contribution < -0.4 is 9.47 Å². The molecule has 3 aromatic carbocycles. The lowest BCUT2D eigenvalue weighted by atomic mass is 9.98. The fourth-order valence-electron chi connectivity index (χ4n) is 3.23. The molecule has 1 aromatic heterocycles. The Hall–Kier alpha value is -2.47. The summed E-state index contributed by atoms with van der Waals surface area (Å²) in [4.78, 5) is 3.61. The summed E-state index contributed by atoms with van der Waals surface area (Å²) in [5.41, 5.74) is 5.74. The zero-order valence-electron chi connectivity index (χ0n) is 14.5. The number of benzene rings is 3. The Morgan fingerprint density at radius 3 is 1.88 bits per heavy atom. The Morgan fingerprint density at radius 2 is 1.31 bits per heavy atom. The Morgan fingerprint density at radius 1 is 0.731 bits per heavy atom. The first-order valence-corrected chi connectivity index (χ1v) is 9.38. The van der Waals surface area contributed by atoms with Gasteiger partial charge < -0.3 is 14.5 Å². The van der Waals surface area contributed by atoms with Gasteiger partial charge in [0.25, 0.3) is 0 Å². The van der Waals surface area contributed by atoms with Gasteiger partial charge in [0.1, 0.15) is 11.5 Å². The van der Waals surface area contributed by atoms with Crippen LogP contribution in [0.1, 0.15) is 0 Å². The molecule has 4 rings (SSSR count). The molecule has 0 radical (unpaired) electrons. The molecule has 0 aliphatic heterocycles. The first-order chi connectivity index (χ1) is 12.7. The molecule has 0 bridgehead atoms. The highest BCUT2D eigenvalue weighted by Gasteiger charge is 2.17. The summed E-state index contributed by atoms with van der Waals surface area (Å²) in [7, 11) is 3.37. The van der Waals surface area contributed by atoms with Crippen LogP contribution in [0.25, 0.3) is 33.3 Å². The monoisotopic (exact) mass is 455 g/mol. The quantitative estimate of drug-likeness (QED) is 0.376. The van der Waals surface area contributed by atoms with E-state index in [0.29, 0.717) is 0 Å². The minimum absolute atomic E-state index is 0.852. The molecule has 0 aliphatic rings. The summed E-state index contributed by atoms with van der Waals surface area (Å²) in [6.07, 6.45) is 0. The van der Waals surface area contributed by atoms with Gasteiger partial charge in [0.2, 0.25) is 0 Å². The molecule has 0 spiro atoms. The molecular formula is C22H18INO2. The van der Waals surface area contributed by atoms with Gasteiger partial charge in [-0.15, -0.1) is 0 Å². The van der Waals surface area contributed by atoms with Crippen molar-refractivity contribution >= 4 is 33.5 Å². The number of rotatable bonds is 4. The molecule has 3 nitrogen and oxygen atoms in total. The van der Waals surface area contributed by atoms with Gasteiger partial charge in [0.05, 0.1) is 19.9 Å². The summed E-state index contributed by atoms with van der Waals surface area (Å²) in [5.74, 6) is 1.71. The van der Waals surface area contributed by atoms with Gasteiger partial charge in [-0.3, -0.25) is 0 Å². The third-order valence-corrected chi connectivity index (χ3v) is 5.43. The standard InChI is InChI=1S/C22H18INO2/c1-25-16-10-6-14(7-11-16)20-21-18(23)4-3-5-19(21)24-22(20)15-8-12-17(26-2)13-9-15/h3-13,24H,1-2H3. The van der Waals surface area contributed by atoms with Crippen molar-refractivity contribution in [2.75, 3.05) is 14.2 Å².